The van der Waals surface area contributed by atoms with E-state index in [1.54, 1.807) is 6.20 Å². The number of hydrogen-bond acceptors (Lipinski definition) is 4. The topological polar surface area (TPSA) is 78.5 Å². The van der Waals surface area contributed by atoms with Crippen LogP contribution in [0, 0.1) is 5.92 Å². The first kappa shape index (κ1) is 22.4. The lowest BCUT2D eigenvalue weighted by Crippen LogP contribution is -2.46. The fourth-order valence-corrected chi connectivity index (χ4v) is 5.29. The number of aromatic nitrogens is 2. The minimum absolute atomic E-state index is 0.0263. The number of H-pyrrole nitrogens is 1. The van der Waals surface area contributed by atoms with E-state index >= 15 is 0 Å². The van der Waals surface area contributed by atoms with E-state index in [2.05, 4.69) is 22.2 Å². The minimum Gasteiger partial charge on any atom is -0.493 e. The summed E-state index contributed by atoms with van der Waals surface area (Å²) in [6.07, 6.45) is 7.71. The van der Waals surface area contributed by atoms with Gasteiger partial charge in [0.1, 0.15) is 11.4 Å². The largest absolute Gasteiger partial charge is 0.493 e. The zero-order valence-electron chi connectivity index (χ0n) is 19.5. The number of piperidine rings is 2. The van der Waals surface area contributed by atoms with Gasteiger partial charge in [-0.25, -0.2) is 4.98 Å². The van der Waals surface area contributed by atoms with Crippen LogP contribution in [0.25, 0.3) is 11.0 Å². The Kier molecular flexibility index (Phi) is 6.79. The molecule has 2 aliphatic rings. The summed E-state index contributed by atoms with van der Waals surface area (Å²) < 4.78 is 5.65. The third-order valence-corrected chi connectivity index (χ3v) is 7.25. The van der Waals surface area contributed by atoms with E-state index in [1.165, 1.54) is 10.9 Å². The van der Waals surface area contributed by atoms with Crippen molar-refractivity contribution in [2.75, 3.05) is 32.8 Å². The van der Waals surface area contributed by atoms with Crippen LogP contribution >= 0.6 is 0 Å². The zero-order valence-corrected chi connectivity index (χ0v) is 19.5. The van der Waals surface area contributed by atoms with Gasteiger partial charge in [-0.05, 0) is 61.4 Å². The van der Waals surface area contributed by atoms with E-state index in [0.29, 0.717) is 32.0 Å². The second-order valence-electron chi connectivity index (χ2n) is 9.31. The number of pyridine rings is 1. The van der Waals surface area contributed by atoms with Crippen molar-refractivity contribution in [2.45, 2.75) is 38.0 Å². The highest BCUT2D eigenvalue weighted by atomic mass is 16.5. The number of para-hydroxylation sites is 1. The van der Waals surface area contributed by atoms with Gasteiger partial charge in [0, 0.05) is 49.9 Å². The Morgan fingerprint density at radius 2 is 1.68 bits per heavy atom. The van der Waals surface area contributed by atoms with Gasteiger partial charge in [-0.2, -0.15) is 0 Å². The number of nitrogens with one attached hydrogen (secondary N) is 1. The first-order valence-electron chi connectivity index (χ1n) is 12.4. The number of aromatic amines is 1. The summed E-state index contributed by atoms with van der Waals surface area (Å²) in [5, 5.41) is 1.19. The number of fused-ring (bicyclic) bond motifs is 1. The minimum atomic E-state index is 0.0263. The van der Waals surface area contributed by atoms with Gasteiger partial charge in [-0.3, -0.25) is 9.59 Å². The quantitative estimate of drug-likeness (QED) is 0.604. The Morgan fingerprint density at radius 3 is 2.44 bits per heavy atom. The highest BCUT2D eigenvalue weighted by molar-refractivity contribution is 5.81. The van der Waals surface area contributed by atoms with Gasteiger partial charge in [-0.1, -0.05) is 18.2 Å². The Balaban J connectivity index is 1.06. The lowest BCUT2D eigenvalue weighted by molar-refractivity contribution is -0.141. The molecule has 34 heavy (non-hydrogen) atoms. The second kappa shape index (κ2) is 10.3. The number of amides is 2. The predicted octanol–water partition coefficient (Wildman–Crippen LogP) is 3.98. The Bertz CT molecular complexity index is 1110. The van der Waals surface area contributed by atoms with E-state index in [1.807, 2.05) is 46.2 Å². The van der Waals surface area contributed by atoms with Crippen molar-refractivity contribution in [3.05, 3.63) is 60.4 Å². The molecule has 2 saturated heterocycles. The van der Waals surface area contributed by atoms with Gasteiger partial charge < -0.3 is 19.5 Å². The summed E-state index contributed by atoms with van der Waals surface area (Å²) in [5.41, 5.74) is 2.25. The van der Waals surface area contributed by atoms with Crippen molar-refractivity contribution in [1.29, 1.82) is 0 Å². The molecule has 3 aromatic rings. The molecule has 0 radical (unpaired) electrons. The molecular formula is C27H32N4O3. The molecule has 7 nitrogen and oxygen atoms in total. The molecule has 1 N–H and O–H groups in total. The molecule has 7 heteroatoms. The van der Waals surface area contributed by atoms with Gasteiger partial charge in [-0.15, -0.1) is 0 Å². The lowest BCUT2D eigenvalue weighted by atomic mass is 9.88. The maximum Gasteiger partial charge on any atom is 0.225 e. The molecular weight excluding hydrogens is 428 g/mol. The summed E-state index contributed by atoms with van der Waals surface area (Å²) in [7, 11) is 0. The standard InChI is InChI=1S/C27H32N4O3/c32-25(12-18-34-22-5-2-1-3-6-22)30-14-10-21(11-15-30)27(33)31-16-8-20(9-17-31)24-19-29-26-23(24)7-4-13-28-26/h1-7,13,19-21H,8-12,14-18H2,(H,28,29). The summed E-state index contributed by atoms with van der Waals surface area (Å²) in [6.45, 7) is 3.28. The Labute approximate surface area is 200 Å². The maximum atomic E-state index is 13.2. The molecule has 5 rings (SSSR count). The fourth-order valence-electron chi connectivity index (χ4n) is 5.29. The molecule has 0 saturated carbocycles. The summed E-state index contributed by atoms with van der Waals surface area (Å²) in [6, 6.07) is 13.7. The van der Waals surface area contributed by atoms with Gasteiger partial charge in [0.2, 0.25) is 11.8 Å². The van der Waals surface area contributed by atoms with Crippen molar-refractivity contribution in [2.24, 2.45) is 5.92 Å². The molecule has 178 valence electrons. The van der Waals surface area contributed by atoms with E-state index < -0.39 is 0 Å². The molecule has 0 spiro atoms. The van der Waals surface area contributed by atoms with Crippen LogP contribution in [-0.4, -0.2) is 64.4 Å². The summed E-state index contributed by atoms with van der Waals surface area (Å²) in [5.74, 6) is 1.64. The van der Waals surface area contributed by atoms with Crippen molar-refractivity contribution in [3.8, 4) is 5.75 Å². The second-order valence-corrected chi connectivity index (χ2v) is 9.31. The highest BCUT2D eigenvalue weighted by Crippen LogP contribution is 2.33. The number of nitrogens with zero attached hydrogens (tertiary/aromatic N) is 3. The average Bonchev–Trinajstić information content (AvgIpc) is 3.33. The predicted molar refractivity (Wildman–Crippen MR) is 131 cm³/mol. The summed E-state index contributed by atoms with van der Waals surface area (Å²) >= 11 is 0. The van der Waals surface area contributed by atoms with Crippen LogP contribution in [-0.2, 0) is 9.59 Å². The van der Waals surface area contributed by atoms with Gasteiger partial charge in [0.25, 0.3) is 0 Å². The SMILES string of the molecule is O=C(CCOc1ccccc1)N1CCC(C(=O)N2CCC(c3c[nH]c4ncccc34)CC2)CC1. The number of benzene rings is 1. The molecule has 0 bridgehead atoms. The van der Waals surface area contributed by atoms with Crippen LogP contribution in [0.5, 0.6) is 5.75 Å². The van der Waals surface area contributed by atoms with E-state index in [0.717, 1.165) is 50.2 Å². The van der Waals surface area contributed by atoms with Gasteiger partial charge in [0.15, 0.2) is 0 Å². The van der Waals surface area contributed by atoms with E-state index in [4.69, 9.17) is 4.74 Å². The first-order chi connectivity index (χ1) is 16.7. The van der Waals surface area contributed by atoms with Crippen LogP contribution in [0.3, 0.4) is 0 Å². The van der Waals surface area contributed by atoms with Crippen LogP contribution in [0.2, 0.25) is 0 Å². The lowest BCUT2D eigenvalue weighted by Gasteiger charge is -2.37. The fraction of sp³-hybridized carbons (Fsp3) is 0.444. The number of carbonyl (C=O) groups is 2. The average molecular weight is 461 g/mol. The molecule has 2 aromatic heterocycles. The molecule has 4 heterocycles. The van der Waals surface area contributed by atoms with Crippen molar-refractivity contribution >= 4 is 22.8 Å². The third kappa shape index (κ3) is 4.93. The number of likely N-dealkylation sites (tertiary alicyclic amines) is 2. The summed E-state index contributed by atoms with van der Waals surface area (Å²) in [4.78, 5) is 37.3. The molecule has 2 amide bonds. The Hall–Kier alpha value is -3.35. The van der Waals surface area contributed by atoms with Crippen LogP contribution in [0.1, 0.15) is 43.6 Å². The molecule has 0 atom stereocenters. The molecule has 2 aliphatic heterocycles. The Morgan fingerprint density at radius 1 is 0.941 bits per heavy atom. The zero-order chi connectivity index (χ0) is 23.3. The monoisotopic (exact) mass is 460 g/mol. The molecule has 2 fully saturated rings. The number of carbonyl (C=O) groups excluding carboxylic acids is 2. The van der Waals surface area contributed by atoms with Gasteiger partial charge in [0.05, 0.1) is 13.0 Å². The molecule has 0 aliphatic carbocycles. The number of ether oxygens (including phenoxy) is 1. The van der Waals surface area contributed by atoms with Crippen molar-refractivity contribution in [3.63, 3.8) is 0 Å². The molecule has 0 unspecified atom stereocenters. The first-order valence-corrected chi connectivity index (χ1v) is 12.4. The maximum absolute atomic E-state index is 13.2. The van der Waals surface area contributed by atoms with Crippen molar-refractivity contribution < 1.29 is 14.3 Å². The smallest absolute Gasteiger partial charge is 0.225 e. The van der Waals surface area contributed by atoms with Crippen molar-refractivity contribution in [1.82, 2.24) is 19.8 Å². The van der Waals surface area contributed by atoms with Crippen LogP contribution in [0.15, 0.2) is 54.9 Å². The van der Waals surface area contributed by atoms with E-state index in [9.17, 15) is 9.59 Å². The van der Waals surface area contributed by atoms with Crippen LogP contribution in [0.4, 0.5) is 0 Å². The number of rotatable bonds is 6. The van der Waals surface area contributed by atoms with E-state index in [-0.39, 0.29) is 17.7 Å². The third-order valence-electron chi connectivity index (χ3n) is 7.25. The van der Waals surface area contributed by atoms with Gasteiger partial charge >= 0.3 is 0 Å². The number of hydrogen-bond donors (Lipinski definition) is 1. The molecule has 1 aromatic carbocycles. The highest BCUT2D eigenvalue weighted by Gasteiger charge is 2.32. The van der Waals surface area contributed by atoms with Crippen LogP contribution < -0.4 is 4.74 Å². The normalized spacial score (nSPS) is 17.8.